The number of aromatic nitrogens is 1. The maximum Gasteiger partial charge on any atom is 0.417 e. The average molecular weight is 221 g/mol. The van der Waals surface area contributed by atoms with Crippen LogP contribution in [0.4, 0.5) is 4.79 Å². The Bertz CT molecular complexity index is 415. The lowest BCUT2D eigenvalue weighted by Crippen LogP contribution is -2.37. The van der Waals surface area contributed by atoms with Crippen molar-refractivity contribution in [2.45, 2.75) is 6.42 Å². The molecule has 0 atom stereocenters. The Balaban J connectivity index is 2.00. The molecule has 84 valence electrons. The molecule has 1 fully saturated rings. The topological polar surface area (TPSA) is 50.5 Å². The second-order valence-corrected chi connectivity index (χ2v) is 3.65. The molecule has 1 aromatic rings. The van der Waals surface area contributed by atoms with Crippen molar-refractivity contribution in [2.24, 2.45) is 7.05 Å². The molecule has 0 saturated carbocycles. The molecule has 2 rings (SSSR count). The van der Waals surface area contributed by atoms with E-state index < -0.39 is 6.09 Å². The zero-order chi connectivity index (χ0) is 11.5. The molecule has 2 amide bonds. The molecular weight excluding hydrogens is 208 g/mol. The number of nitrogens with zero attached hydrogens (tertiary/aromatic N) is 2. The Kier molecular flexibility index (Phi) is 2.85. The maximum absolute atomic E-state index is 11.3. The van der Waals surface area contributed by atoms with Crippen LogP contribution < -0.4 is 4.57 Å². The van der Waals surface area contributed by atoms with E-state index in [0.29, 0.717) is 13.0 Å². The van der Waals surface area contributed by atoms with Gasteiger partial charge >= 0.3 is 6.09 Å². The van der Waals surface area contributed by atoms with Crippen LogP contribution in [0, 0.1) is 0 Å². The molecule has 5 heteroatoms. The summed E-state index contributed by atoms with van der Waals surface area (Å²) in [7, 11) is 1.93. The second-order valence-electron chi connectivity index (χ2n) is 3.65. The quantitative estimate of drug-likeness (QED) is 0.677. The number of carbonyl (C=O) groups excluding carboxylic acids is 2. The summed E-state index contributed by atoms with van der Waals surface area (Å²) in [6.07, 6.45) is 2.03. The van der Waals surface area contributed by atoms with Crippen molar-refractivity contribution in [3.05, 3.63) is 30.1 Å². The normalized spacial score (nSPS) is 15.4. The zero-order valence-corrected chi connectivity index (χ0v) is 9.05. The Hall–Kier alpha value is -1.91. The lowest BCUT2D eigenvalue weighted by atomic mass is 10.2. The number of ether oxygens (including phenoxy) is 1. The molecule has 1 aliphatic heterocycles. The number of amides is 2. The predicted octanol–water partition coefficient (Wildman–Crippen LogP) is 0.0324. The highest BCUT2D eigenvalue weighted by molar-refractivity contribution is 5.97. The van der Waals surface area contributed by atoms with Crippen molar-refractivity contribution in [3.63, 3.8) is 0 Å². The summed E-state index contributed by atoms with van der Waals surface area (Å²) in [5.74, 6) is -0.261. The highest BCUT2D eigenvalue weighted by atomic mass is 16.6. The lowest BCUT2D eigenvalue weighted by molar-refractivity contribution is -0.679. The first-order valence-corrected chi connectivity index (χ1v) is 5.09. The van der Waals surface area contributed by atoms with Gasteiger partial charge in [0, 0.05) is 18.7 Å². The van der Waals surface area contributed by atoms with Crippen molar-refractivity contribution in [1.29, 1.82) is 0 Å². The third-order valence-electron chi connectivity index (χ3n) is 2.59. The van der Waals surface area contributed by atoms with Crippen molar-refractivity contribution in [2.75, 3.05) is 13.2 Å². The van der Waals surface area contributed by atoms with E-state index in [1.165, 1.54) is 0 Å². The number of aryl methyl sites for hydroxylation is 1. The predicted molar refractivity (Wildman–Crippen MR) is 54.4 cm³/mol. The minimum absolute atomic E-state index is 0.125. The minimum atomic E-state index is -0.538. The van der Waals surface area contributed by atoms with Crippen molar-refractivity contribution in [1.82, 2.24) is 4.90 Å². The molecule has 1 aromatic heterocycles. The van der Waals surface area contributed by atoms with Crippen molar-refractivity contribution >= 4 is 12.0 Å². The van der Waals surface area contributed by atoms with Gasteiger partial charge in [-0.25, -0.2) is 14.3 Å². The SMILES string of the molecule is C[n+]1ccccc1CCN1C(=O)COC1=O. The lowest BCUT2D eigenvalue weighted by Gasteiger charge is -2.08. The fraction of sp³-hybridized carbons (Fsp3) is 0.364. The van der Waals surface area contributed by atoms with Gasteiger partial charge in [0.05, 0.1) is 6.42 Å². The summed E-state index contributed by atoms with van der Waals surface area (Å²) < 4.78 is 6.59. The molecule has 5 nitrogen and oxygen atoms in total. The van der Waals surface area contributed by atoms with Gasteiger partial charge in [0.1, 0.15) is 7.05 Å². The molecule has 1 saturated heterocycles. The minimum Gasteiger partial charge on any atom is -0.439 e. The molecule has 0 aliphatic carbocycles. The Morgan fingerprint density at radius 2 is 2.25 bits per heavy atom. The highest BCUT2D eigenvalue weighted by Gasteiger charge is 2.30. The fourth-order valence-electron chi connectivity index (χ4n) is 1.64. The van der Waals surface area contributed by atoms with Crippen LogP contribution in [0.15, 0.2) is 24.4 Å². The van der Waals surface area contributed by atoms with E-state index in [1.54, 1.807) is 0 Å². The van der Waals surface area contributed by atoms with E-state index in [-0.39, 0.29) is 12.5 Å². The smallest absolute Gasteiger partial charge is 0.417 e. The van der Waals surface area contributed by atoms with Crippen LogP contribution in [-0.2, 0) is 23.0 Å². The van der Waals surface area contributed by atoms with Gasteiger partial charge in [-0.05, 0) is 0 Å². The number of imide groups is 1. The molecule has 0 N–H and O–H groups in total. The maximum atomic E-state index is 11.3. The van der Waals surface area contributed by atoms with E-state index in [2.05, 4.69) is 4.74 Å². The fourth-order valence-corrected chi connectivity index (χ4v) is 1.64. The molecule has 0 spiro atoms. The van der Waals surface area contributed by atoms with Crippen LogP contribution in [0.25, 0.3) is 0 Å². The highest BCUT2D eigenvalue weighted by Crippen LogP contribution is 2.06. The van der Waals surface area contributed by atoms with Crippen LogP contribution in [0.3, 0.4) is 0 Å². The number of cyclic esters (lactones) is 1. The van der Waals surface area contributed by atoms with Crippen molar-refractivity contribution in [3.8, 4) is 0 Å². The third kappa shape index (κ3) is 2.03. The number of hydrogen-bond acceptors (Lipinski definition) is 3. The molecular formula is C11H13N2O3+. The van der Waals surface area contributed by atoms with Gasteiger partial charge in [0.2, 0.25) is 0 Å². The standard InChI is InChI=1S/C11H13N2O3/c1-12-6-3-2-4-9(12)5-7-13-10(14)8-16-11(13)15/h2-4,6H,5,7-8H2,1H3/q+1. The molecule has 1 aliphatic rings. The summed E-state index contributed by atoms with van der Waals surface area (Å²) in [4.78, 5) is 23.6. The Morgan fingerprint density at radius 1 is 1.44 bits per heavy atom. The average Bonchev–Trinajstić information content (AvgIpc) is 2.58. The molecule has 0 unspecified atom stereocenters. The van der Waals surface area contributed by atoms with Crippen LogP contribution in [0.2, 0.25) is 0 Å². The largest absolute Gasteiger partial charge is 0.439 e. The van der Waals surface area contributed by atoms with E-state index in [1.807, 2.05) is 36.0 Å². The van der Waals surface area contributed by atoms with Gasteiger partial charge in [-0.3, -0.25) is 4.79 Å². The first-order valence-electron chi connectivity index (χ1n) is 5.09. The number of hydrogen-bond donors (Lipinski definition) is 0. The van der Waals surface area contributed by atoms with E-state index in [0.717, 1.165) is 10.6 Å². The van der Waals surface area contributed by atoms with Crippen LogP contribution >= 0.6 is 0 Å². The van der Waals surface area contributed by atoms with E-state index in [9.17, 15) is 9.59 Å². The third-order valence-corrected chi connectivity index (χ3v) is 2.59. The first-order chi connectivity index (χ1) is 7.68. The number of carbonyl (C=O) groups is 2. The number of rotatable bonds is 3. The monoisotopic (exact) mass is 221 g/mol. The number of pyridine rings is 1. The molecule has 2 heterocycles. The Labute approximate surface area is 93.2 Å². The van der Waals surface area contributed by atoms with Crippen molar-refractivity contribution < 1.29 is 18.9 Å². The van der Waals surface area contributed by atoms with Gasteiger partial charge in [-0.15, -0.1) is 0 Å². The van der Waals surface area contributed by atoms with E-state index >= 15 is 0 Å². The zero-order valence-electron chi connectivity index (χ0n) is 9.05. The van der Waals surface area contributed by atoms with Gasteiger partial charge in [-0.2, -0.15) is 0 Å². The molecule has 0 radical (unpaired) electrons. The van der Waals surface area contributed by atoms with Gasteiger partial charge < -0.3 is 4.74 Å². The summed E-state index contributed by atoms with van der Waals surface area (Å²) in [5, 5.41) is 0. The summed E-state index contributed by atoms with van der Waals surface area (Å²) >= 11 is 0. The molecule has 0 aromatic carbocycles. The van der Waals surface area contributed by atoms with Crippen LogP contribution in [-0.4, -0.2) is 30.1 Å². The van der Waals surface area contributed by atoms with Crippen LogP contribution in [0.5, 0.6) is 0 Å². The Morgan fingerprint density at radius 3 is 2.88 bits per heavy atom. The summed E-state index contributed by atoms with van der Waals surface area (Å²) in [6, 6.07) is 5.82. The van der Waals surface area contributed by atoms with Gasteiger partial charge in [0.15, 0.2) is 18.5 Å². The van der Waals surface area contributed by atoms with E-state index in [4.69, 9.17) is 0 Å². The first kappa shape index (κ1) is 10.6. The summed E-state index contributed by atoms with van der Waals surface area (Å²) in [5.41, 5.74) is 1.06. The second kappa shape index (κ2) is 4.30. The van der Waals surface area contributed by atoms with Crippen LogP contribution in [0.1, 0.15) is 5.69 Å². The van der Waals surface area contributed by atoms with Gasteiger partial charge in [0.25, 0.3) is 5.91 Å². The summed E-state index contributed by atoms with van der Waals surface area (Å²) in [6.45, 7) is 0.245. The molecule has 16 heavy (non-hydrogen) atoms. The van der Waals surface area contributed by atoms with Gasteiger partial charge in [-0.1, -0.05) is 6.07 Å². The molecule has 0 bridgehead atoms.